The summed E-state index contributed by atoms with van der Waals surface area (Å²) in [4.78, 5) is 27.6. The molecule has 0 saturated carbocycles. The Kier molecular flexibility index (Phi) is 4.70. The summed E-state index contributed by atoms with van der Waals surface area (Å²) < 4.78 is 11.0. The normalized spacial score (nSPS) is 11.4. The van der Waals surface area contributed by atoms with Gasteiger partial charge in [0.25, 0.3) is 5.91 Å². The lowest BCUT2D eigenvalue weighted by atomic mass is 10.1. The molecule has 0 bridgehead atoms. The molecule has 132 valence electrons. The maximum absolute atomic E-state index is 11.9. The van der Waals surface area contributed by atoms with Gasteiger partial charge in [-0.15, -0.1) is 0 Å². The molecule has 7 nitrogen and oxygen atoms in total. The lowest BCUT2D eigenvalue weighted by Gasteiger charge is -2.07. The third-order valence-electron chi connectivity index (χ3n) is 3.66. The van der Waals surface area contributed by atoms with E-state index in [9.17, 15) is 9.59 Å². The molecule has 7 heteroatoms. The Morgan fingerprint density at radius 2 is 1.92 bits per heavy atom. The third-order valence-corrected chi connectivity index (χ3v) is 3.66. The average molecular weight is 351 g/mol. The first-order valence-electron chi connectivity index (χ1n) is 7.81. The summed E-state index contributed by atoms with van der Waals surface area (Å²) in [5, 5.41) is 3.35. The first-order chi connectivity index (χ1) is 12.5. The molecule has 1 heterocycles. The second kappa shape index (κ2) is 7.10. The van der Waals surface area contributed by atoms with E-state index < -0.39 is 5.91 Å². The van der Waals surface area contributed by atoms with Gasteiger partial charge in [-0.2, -0.15) is 0 Å². The summed E-state index contributed by atoms with van der Waals surface area (Å²) in [5.41, 5.74) is 7.15. The SMILES string of the molecule is COc1ccc2oc(=Nc3ccccc3NC(C)=O)c(C(N)=O)cc2c1. The van der Waals surface area contributed by atoms with E-state index in [-0.39, 0.29) is 17.0 Å². The molecule has 0 unspecified atom stereocenters. The van der Waals surface area contributed by atoms with Crippen molar-refractivity contribution in [3.8, 4) is 5.75 Å². The van der Waals surface area contributed by atoms with Crippen LogP contribution in [0, 0.1) is 0 Å². The van der Waals surface area contributed by atoms with E-state index in [1.165, 1.54) is 6.92 Å². The molecule has 0 saturated heterocycles. The molecule has 0 atom stereocenters. The summed E-state index contributed by atoms with van der Waals surface area (Å²) in [6.45, 7) is 1.40. The number of nitrogens with two attached hydrogens (primary N) is 1. The number of anilines is 1. The quantitative estimate of drug-likeness (QED) is 0.753. The van der Waals surface area contributed by atoms with Crippen molar-refractivity contribution >= 4 is 34.2 Å². The zero-order valence-corrected chi connectivity index (χ0v) is 14.3. The lowest BCUT2D eigenvalue weighted by Crippen LogP contribution is -2.21. The number of rotatable bonds is 4. The second-order valence-electron chi connectivity index (χ2n) is 5.54. The van der Waals surface area contributed by atoms with E-state index in [1.54, 1.807) is 55.6 Å². The second-order valence-corrected chi connectivity index (χ2v) is 5.54. The fraction of sp³-hybridized carbons (Fsp3) is 0.105. The summed E-state index contributed by atoms with van der Waals surface area (Å²) in [6.07, 6.45) is 0. The fourth-order valence-corrected chi connectivity index (χ4v) is 2.47. The van der Waals surface area contributed by atoms with Gasteiger partial charge in [0.05, 0.1) is 18.5 Å². The molecule has 0 radical (unpaired) electrons. The molecule has 0 spiro atoms. The highest BCUT2D eigenvalue weighted by atomic mass is 16.5. The molecule has 26 heavy (non-hydrogen) atoms. The van der Waals surface area contributed by atoms with Crippen LogP contribution in [-0.2, 0) is 4.79 Å². The maximum Gasteiger partial charge on any atom is 0.254 e. The third kappa shape index (κ3) is 3.56. The molecule has 0 aliphatic rings. The first-order valence-corrected chi connectivity index (χ1v) is 7.81. The molecule has 3 aromatic rings. The number of hydrogen-bond donors (Lipinski definition) is 2. The minimum absolute atomic E-state index is 0.0629. The highest BCUT2D eigenvalue weighted by molar-refractivity contribution is 5.96. The van der Waals surface area contributed by atoms with Gasteiger partial charge in [-0.3, -0.25) is 9.59 Å². The van der Waals surface area contributed by atoms with Crippen molar-refractivity contribution in [1.82, 2.24) is 0 Å². The van der Waals surface area contributed by atoms with Gasteiger partial charge in [-0.1, -0.05) is 12.1 Å². The van der Waals surface area contributed by atoms with E-state index >= 15 is 0 Å². The van der Waals surface area contributed by atoms with E-state index in [2.05, 4.69) is 10.3 Å². The van der Waals surface area contributed by atoms with Crippen molar-refractivity contribution in [2.75, 3.05) is 12.4 Å². The molecule has 2 aromatic carbocycles. The predicted octanol–water partition coefficient (Wildman–Crippen LogP) is 2.73. The van der Waals surface area contributed by atoms with Crippen LogP contribution in [0.5, 0.6) is 5.75 Å². The predicted molar refractivity (Wildman–Crippen MR) is 97.3 cm³/mol. The number of fused-ring (bicyclic) bond motifs is 1. The van der Waals surface area contributed by atoms with Crippen LogP contribution >= 0.6 is 0 Å². The molecule has 0 aliphatic heterocycles. The van der Waals surface area contributed by atoms with Gasteiger partial charge in [-0.05, 0) is 36.4 Å². The van der Waals surface area contributed by atoms with Crippen molar-refractivity contribution in [3.05, 3.63) is 59.6 Å². The summed E-state index contributed by atoms with van der Waals surface area (Å²) in [5.74, 6) is -0.275. The molecule has 1 aromatic heterocycles. The Bertz CT molecular complexity index is 1070. The molecular weight excluding hydrogens is 334 g/mol. The highest BCUT2D eigenvalue weighted by Gasteiger charge is 2.11. The highest BCUT2D eigenvalue weighted by Crippen LogP contribution is 2.25. The van der Waals surface area contributed by atoms with Crippen LogP contribution in [0.2, 0.25) is 0 Å². The Morgan fingerprint density at radius 3 is 2.62 bits per heavy atom. The zero-order valence-electron chi connectivity index (χ0n) is 14.3. The Morgan fingerprint density at radius 1 is 1.15 bits per heavy atom. The van der Waals surface area contributed by atoms with Gasteiger partial charge in [0, 0.05) is 12.3 Å². The van der Waals surface area contributed by atoms with Gasteiger partial charge in [0.15, 0.2) is 0 Å². The number of benzene rings is 2. The monoisotopic (exact) mass is 351 g/mol. The van der Waals surface area contributed by atoms with Gasteiger partial charge in [-0.25, -0.2) is 4.99 Å². The van der Waals surface area contributed by atoms with Gasteiger partial charge in [0.1, 0.15) is 16.9 Å². The maximum atomic E-state index is 11.9. The number of ether oxygens (including phenoxy) is 1. The number of nitrogens with zero attached hydrogens (tertiary/aromatic N) is 1. The van der Waals surface area contributed by atoms with Gasteiger partial charge < -0.3 is 20.2 Å². The van der Waals surface area contributed by atoms with Gasteiger partial charge in [0.2, 0.25) is 11.5 Å². The molecule has 2 amide bonds. The van der Waals surface area contributed by atoms with E-state index in [1.807, 2.05) is 0 Å². The molecule has 0 fully saturated rings. The van der Waals surface area contributed by atoms with E-state index in [4.69, 9.17) is 14.9 Å². The topological polar surface area (TPSA) is 107 Å². The van der Waals surface area contributed by atoms with Gasteiger partial charge >= 0.3 is 0 Å². The van der Waals surface area contributed by atoms with Crippen molar-refractivity contribution in [2.24, 2.45) is 10.7 Å². The number of nitrogens with one attached hydrogen (secondary N) is 1. The Labute approximate surface area is 149 Å². The minimum Gasteiger partial charge on any atom is -0.497 e. The van der Waals surface area contributed by atoms with Crippen LogP contribution in [0.3, 0.4) is 0 Å². The number of primary amides is 1. The zero-order chi connectivity index (χ0) is 18.7. The smallest absolute Gasteiger partial charge is 0.254 e. The number of para-hydroxylation sites is 2. The Hall–Kier alpha value is -3.61. The minimum atomic E-state index is -0.672. The van der Waals surface area contributed by atoms with Crippen molar-refractivity contribution in [2.45, 2.75) is 6.92 Å². The Balaban J connectivity index is 2.24. The molecular formula is C19H17N3O4. The standard InChI is InChI=1S/C19H17N3O4/c1-11(23)21-15-5-3-4-6-16(15)22-19-14(18(20)24)10-12-9-13(25-2)7-8-17(12)26-19/h3-10H,1-2H3,(H2,20,24)(H,21,23). The van der Waals surface area contributed by atoms with Crippen molar-refractivity contribution < 1.29 is 18.7 Å². The summed E-state index contributed by atoms with van der Waals surface area (Å²) in [7, 11) is 1.55. The van der Waals surface area contributed by atoms with Crippen molar-refractivity contribution in [3.63, 3.8) is 0 Å². The first kappa shape index (κ1) is 17.2. The lowest BCUT2D eigenvalue weighted by molar-refractivity contribution is -0.114. The summed E-state index contributed by atoms with van der Waals surface area (Å²) >= 11 is 0. The number of amides is 2. The van der Waals surface area contributed by atoms with Crippen molar-refractivity contribution in [1.29, 1.82) is 0 Å². The fourth-order valence-electron chi connectivity index (χ4n) is 2.47. The van der Waals surface area contributed by atoms with E-state index in [0.717, 1.165) is 0 Å². The van der Waals surface area contributed by atoms with Crippen LogP contribution in [0.4, 0.5) is 11.4 Å². The number of methoxy groups -OCH3 is 1. The summed E-state index contributed by atoms with van der Waals surface area (Å²) in [6, 6.07) is 13.7. The van der Waals surface area contributed by atoms with Crippen LogP contribution in [0.1, 0.15) is 17.3 Å². The van der Waals surface area contributed by atoms with Crippen LogP contribution in [-0.4, -0.2) is 18.9 Å². The average Bonchev–Trinajstić information content (AvgIpc) is 2.61. The van der Waals surface area contributed by atoms with E-state index in [0.29, 0.717) is 28.1 Å². The number of carbonyl (C=O) groups excluding carboxylic acids is 2. The number of carbonyl (C=O) groups is 2. The largest absolute Gasteiger partial charge is 0.497 e. The van der Waals surface area contributed by atoms with Crippen LogP contribution < -0.4 is 21.3 Å². The van der Waals surface area contributed by atoms with Crippen LogP contribution in [0.25, 0.3) is 11.0 Å². The van der Waals surface area contributed by atoms with Crippen LogP contribution in [0.15, 0.2) is 57.9 Å². The number of hydrogen-bond acceptors (Lipinski definition) is 5. The molecule has 3 N–H and O–H groups in total. The molecule has 3 rings (SSSR count). The molecule has 0 aliphatic carbocycles.